The quantitative estimate of drug-likeness (QED) is 0.889. The highest BCUT2D eigenvalue weighted by molar-refractivity contribution is 7.15. The molecule has 6 heteroatoms. The first kappa shape index (κ1) is 13.0. The van der Waals surface area contributed by atoms with Crippen molar-refractivity contribution >= 4 is 27.8 Å². The maximum Gasteiger partial charge on any atom is 0.185 e. The van der Waals surface area contributed by atoms with Crippen LogP contribution in [0.3, 0.4) is 0 Å². The van der Waals surface area contributed by atoms with E-state index in [0.29, 0.717) is 0 Å². The summed E-state index contributed by atoms with van der Waals surface area (Å²) < 4.78 is 0. The smallest absolute Gasteiger partial charge is 0.185 e. The standard InChI is InChI=1S/C13H18N4S2/c1-9-16-11(8-18-9)7-17(2)13-15-6-12(19-13)5-14-10-3-4-10/h6,8,10,14H,3-5,7H2,1-2H3. The van der Waals surface area contributed by atoms with Crippen LogP contribution in [0.5, 0.6) is 0 Å². The van der Waals surface area contributed by atoms with Crippen molar-refractivity contribution in [3.8, 4) is 0 Å². The van der Waals surface area contributed by atoms with Crippen LogP contribution in [0.4, 0.5) is 5.13 Å². The van der Waals surface area contributed by atoms with Crippen molar-refractivity contribution in [1.82, 2.24) is 15.3 Å². The Hall–Kier alpha value is -0.980. The molecule has 0 aromatic carbocycles. The lowest BCUT2D eigenvalue weighted by atomic mass is 10.4. The van der Waals surface area contributed by atoms with Gasteiger partial charge in [0, 0.05) is 36.1 Å². The monoisotopic (exact) mass is 294 g/mol. The van der Waals surface area contributed by atoms with E-state index in [-0.39, 0.29) is 0 Å². The predicted molar refractivity (Wildman–Crippen MR) is 80.9 cm³/mol. The van der Waals surface area contributed by atoms with Crippen molar-refractivity contribution in [2.45, 2.75) is 38.9 Å². The van der Waals surface area contributed by atoms with Crippen molar-refractivity contribution in [3.05, 3.63) is 27.2 Å². The molecule has 0 atom stereocenters. The number of hydrogen-bond donors (Lipinski definition) is 1. The topological polar surface area (TPSA) is 41.1 Å². The number of aromatic nitrogens is 2. The summed E-state index contributed by atoms with van der Waals surface area (Å²) in [5.41, 5.74) is 1.12. The number of nitrogens with one attached hydrogen (secondary N) is 1. The van der Waals surface area contributed by atoms with Gasteiger partial charge in [-0.05, 0) is 19.8 Å². The third kappa shape index (κ3) is 3.52. The molecule has 0 radical (unpaired) electrons. The van der Waals surface area contributed by atoms with Crippen LogP contribution in [-0.4, -0.2) is 23.1 Å². The molecule has 1 aliphatic carbocycles. The fraction of sp³-hybridized carbons (Fsp3) is 0.538. The Kier molecular flexibility index (Phi) is 3.81. The normalized spacial score (nSPS) is 14.8. The molecule has 1 aliphatic rings. The number of aryl methyl sites for hydroxylation is 1. The third-order valence-corrected chi connectivity index (χ3v) is 5.01. The molecule has 1 saturated carbocycles. The summed E-state index contributed by atoms with van der Waals surface area (Å²) in [6, 6.07) is 0.751. The molecule has 0 bridgehead atoms. The first-order valence-electron chi connectivity index (χ1n) is 6.51. The first-order chi connectivity index (χ1) is 9.20. The fourth-order valence-corrected chi connectivity index (χ4v) is 3.30. The van der Waals surface area contributed by atoms with Gasteiger partial charge in [-0.2, -0.15) is 0 Å². The van der Waals surface area contributed by atoms with Crippen molar-refractivity contribution in [2.75, 3.05) is 11.9 Å². The minimum atomic E-state index is 0.751. The summed E-state index contributed by atoms with van der Waals surface area (Å²) in [6.45, 7) is 3.82. The highest BCUT2D eigenvalue weighted by atomic mass is 32.1. The van der Waals surface area contributed by atoms with Gasteiger partial charge >= 0.3 is 0 Å². The zero-order chi connectivity index (χ0) is 13.2. The van der Waals surface area contributed by atoms with E-state index in [1.165, 1.54) is 17.7 Å². The average Bonchev–Trinajstić information content (AvgIpc) is 2.94. The fourth-order valence-electron chi connectivity index (χ4n) is 1.88. The van der Waals surface area contributed by atoms with Crippen LogP contribution in [0.2, 0.25) is 0 Å². The highest BCUT2D eigenvalue weighted by Crippen LogP contribution is 2.25. The Labute approximate surface area is 121 Å². The minimum Gasteiger partial charge on any atom is -0.345 e. The van der Waals surface area contributed by atoms with Crippen LogP contribution >= 0.6 is 22.7 Å². The van der Waals surface area contributed by atoms with Crippen LogP contribution in [0.25, 0.3) is 0 Å². The van der Waals surface area contributed by atoms with Crippen LogP contribution in [0.15, 0.2) is 11.6 Å². The Balaban J connectivity index is 1.57. The second kappa shape index (κ2) is 5.56. The molecule has 1 fully saturated rings. The zero-order valence-electron chi connectivity index (χ0n) is 11.2. The van der Waals surface area contributed by atoms with Crippen LogP contribution in [0.1, 0.15) is 28.4 Å². The van der Waals surface area contributed by atoms with Crippen molar-refractivity contribution < 1.29 is 0 Å². The van der Waals surface area contributed by atoms with Crippen LogP contribution < -0.4 is 10.2 Å². The molecule has 0 aliphatic heterocycles. The van der Waals surface area contributed by atoms with E-state index in [0.717, 1.165) is 35.0 Å². The van der Waals surface area contributed by atoms with Crippen LogP contribution in [-0.2, 0) is 13.1 Å². The second-order valence-electron chi connectivity index (χ2n) is 4.98. The van der Waals surface area contributed by atoms with Gasteiger partial charge in [-0.1, -0.05) is 0 Å². The highest BCUT2D eigenvalue weighted by Gasteiger charge is 2.20. The summed E-state index contributed by atoms with van der Waals surface area (Å²) in [4.78, 5) is 12.5. The molecule has 19 heavy (non-hydrogen) atoms. The molecular weight excluding hydrogens is 276 g/mol. The largest absolute Gasteiger partial charge is 0.345 e. The van der Waals surface area contributed by atoms with Gasteiger partial charge in [0.25, 0.3) is 0 Å². The summed E-state index contributed by atoms with van der Waals surface area (Å²) in [5, 5.41) is 7.83. The summed E-state index contributed by atoms with van der Waals surface area (Å²) in [5.74, 6) is 0. The van der Waals surface area contributed by atoms with E-state index in [4.69, 9.17) is 0 Å². The Morgan fingerprint density at radius 2 is 2.32 bits per heavy atom. The maximum absolute atomic E-state index is 4.50. The minimum absolute atomic E-state index is 0.751. The van der Waals surface area contributed by atoms with Gasteiger partial charge < -0.3 is 10.2 Å². The molecular formula is C13H18N4S2. The van der Waals surface area contributed by atoms with E-state index in [2.05, 4.69) is 32.6 Å². The van der Waals surface area contributed by atoms with E-state index in [1.54, 1.807) is 22.7 Å². The first-order valence-corrected chi connectivity index (χ1v) is 8.20. The number of nitrogens with zero attached hydrogens (tertiary/aromatic N) is 3. The van der Waals surface area contributed by atoms with E-state index in [1.807, 2.05) is 13.1 Å². The van der Waals surface area contributed by atoms with Crippen molar-refractivity contribution in [3.63, 3.8) is 0 Å². The van der Waals surface area contributed by atoms with Gasteiger partial charge in [0.15, 0.2) is 5.13 Å². The van der Waals surface area contributed by atoms with Gasteiger partial charge in [0.2, 0.25) is 0 Å². The predicted octanol–water partition coefficient (Wildman–Crippen LogP) is 2.80. The van der Waals surface area contributed by atoms with Gasteiger partial charge in [0.05, 0.1) is 17.2 Å². The Bertz CT molecular complexity index is 544. The second-order valence-corrected chi connectivity index (χ2v) is 7.13. The molecule has 0 amide bonds. The van der Waals surface area contributed by atoms with Gasteiger partial charge in [-0.25, -0.2) is 9.97 Å². The number of thiazole rings is 2. The van der Waals surface area contributed by atoms with Crippen molar-refractivity contribution in [1.29, 1.82) is 0 Å². The van der Waals surface area contributed by atoms with Gasteiger partial charge in [-0.3, -0.25) is 0 Å². The Morgan fingerprint density at radius 3 is 3.00 bits per heavy atom. The number of anilines is 1. The van der Waals surface area contributed by atoms with E-state index in [9.17, 15) is 0 Å². The third-order valence-electron chi connectivity index (χ3n) is 3.08. The number of hydrogen-bond acceptors (Lipinski definition) is 6. The molecule has 2 aromatic heterocycles. The molecule has 1 N–H and O–H groups in total. The van der Waals surface area contributed by atoms with Crippen LogP contribution in [0, 0.1) is 6.92 Å². The molecule has 102 valence electrons. The number of rotatable bonds is 6. The molecule has 4 nitrogen and oxygen atoms in total. The zero-order valence-corrected chi connectivity index (χ0v) is 12.9. The summed E-state index contributed by atoms with van der Waals surface area (Å²) in [6.07, 6.45) is 4.64. The average molecular weight is 294 g/mol. The summed E-state index contributed by atoms with van der Waals surface area (Å²) >= 11 is 3.47. The van der Waals surface area contributed by atoms with E-state index < -0.39 is 0 Å². The SMILES string of the molecule is Cc1nc(CN(C)c2ncc(CNC3CC3)s2)cs1. The lowest BCUT2D eigenvalue weighted by molar-refractivity contribution is 0.694. The molecule has 0 saturated heterocycles. The van der Waals surface area contributed by atoms with Gasteiger partial charge in [-0.15, -0.1) is 22.7 Å². The van der Waals surface area contributed by atoms with E-state index >= 15 is 0 Å². The lowest BCUT2D eigenvalue weighted by Gasteiger charge is -2.13. The molecule has 2 heterocycles. The molecule has 3 rings (SSSR count). The Morgan fingerprint density at radius 1 is 1.47 bits per heavy atom. The molecule has 2 aromatic rings. The summed E-state index contributed by atoms with van der Waals surface area (Å²) in [7, 11) is 2.08. The lowest BCUT2D eigenvalue weighted by Crippen LogP contribution is -2.16. The molecule has 0 spiro atoms. The van der Waals surface area contributed by atoms with Crippen molar-refractivity contribution in [2.24, 2.45) is 0 Å². The maximum atomic E-state index is 4.50. The molecule has 0 unspecified atom stereocenters. The van der Waals surface area contributed by atoms with Gasteiger partial charge in [0.1, 0.15) is 0 Å².